The topological polar surface area (TPSA) is 29.5 Å². The van der Waals surface area contributed by atoms with Crippen LogP contribution in [0.15, 0.2) is 17.5 Å². The first kappa shape index (κ1) is 15.5. The molecular weight excluding hydrogens is 270 g/mol. The maximum Gasteiger partial charge on any atom is 0.223 e. The van der Waals surface area contributed by atoms with Gasteiger partial charge in [-0.2, -0.15) is 0 Å². The largest absolute Gasteiger partial charge is 0.374 e. The van der Waals surface area contributed by atoms with Crippen molar-refractivity contribution >= 4 is 17.2 Å². The average Bonchev–Trinajstić information content (AvgIpc) is 2.90. The van der Waals surface area contributed by atoms with E-state index in [0.29, 0.717) is 13.0 Å². The Morgan fingerprint density at radius 1 is 1.50 bits per heavy atom. The lowest BCUT2D eigenvalue weighted by atomic mass is 9.99. The summed E-state index contributed by atoms with van der Waals surface area (Å²) in [5.74, 6) is 0.274. The molecule has 1 unspecified atom stereocenters. The molecule has 0 radical (unpaired) electrons. The first-order valence-corrected chi connectivity index (χ1v) is 8.31. The van der Waals surface area contributed by atoms with Crippen molar-refractivity contribution in [3.05, 3.63) is 22.4 Å². The number of hydrogen-bond donors (Lipinski definition) is 0. The molecule has 3 nitrogen and oxygen atoms in total. The molecule has 1 aliphatic heterocycles. The van der Waals surface area contributed by atoms with E-state index < -0.39 is 0 Å². The number of amides is 1. The summed E-state index contributed by atoms with van der Waals surface area (Å²) in [6.07, 6.45) is 3.96. The Balaban J connectivity index is 1.75. The summed E-state index contributed by atoms with van der Waals surface area (Å²) in [5.41, 5.74) is -0.169. The maximum atomic E-state index is 12.4. The number of thiophene rings is 1. The van der Waals surface area contributed by atoms with Crippen LogP contribution in [0.1, 0.15) is 44.9 Å². The Morgan fingerprint density at radius 2 is 2.30 bits per heavy atom. The molecule has 1 aromatic heterocycles. The second kappa shape index (κ2) is 6.72. The summed E-state index contributed by atoms with van der Waals surface area (Å²) in [6, 6.07) is 4.25. The zero-order chi connectivity index (χ0) is 14.6. The standard InChI is InChI=1S/C16H25NO2S/c1-13-11-17(16(2,3)12-19-13)15(18)9-5-4-7-14-8-6-10-20-14/h6,8,10,13H,4-5,7,9,11-12H2,1-3H3. The third-order valence-electron chi connectivity index (χ3n) is 3.84. The van der Waals surface area contributed by atoms with Crippen LogP contribution < -0.4 is 0 Å². The normalized spacial score (nSPS) is 21.9. The summed E-state index contributed by atoms with van der Waals surface area (Å²) >= 11 is 1.80. The number of hydrogen-bond acceptors (Lipinski definition) is 3. The van der Waals surface area contributed by atoms with Gasteiger partial charge in [0, 0.05) is 17.8 Å². The van der Waals surface area contributed by atoms with E-state index in [0.717, 1.165) is 25.8 Å². The smallest absolute Gasteiger partial charge is 0.223 e. The van der Waals surface area contributed by atoms with Crippen molar-refractivity contribution in [1.29, 1.82) is 0 Å². The Hall–Kier alpha value is -0.870. The summed E-state index contributed by atoms with van der Waals surface area (Å²) in [4.78, 5) is 15.8. The molecule has 0 spiro atoms. The second-order valence-electron chi connectivity index (χ2n) is 6.22. The number of ether oxygens (including phenoxy) is 1. The molecule has 0 saturated carbocycles. The lowest BCUT2D eigenvalue weighted by Crippen LogP contribution is -2.57. The van der Waals surface area contributed by atoms with Crippen LogP contribution in [0.4, 0.5) is 0 Å². The molecule has 0 N–H and O–H groups in total. The lowest BCUT2D eigenvalue weighted by molar-refractivity contribution is -0.152. The van der Waals surface area contributed by atoms with E-state index in [2.05, 4.69) is 31.4 Å². The minimum Gasteiger partial charge on any atom is -0.374 e. The molecule has 4 heteroatoms. The third-order valence-corrected chi connectivity index (χ3v) is 4.77. The number of carbonyl (C=O) groups is 1. The van der Waals surface area contributed by atoms with Gasteiger partial charge in [0.2, 0.25) is 5.91 Å². The summed E-state index contributed by atoms with van der Waals surface area (Å²) in [7, 11) is 0. The molecule has 1 atom stereocenters. The van der Waals surface area contributed by atoms with Crippen LogP contribution in [-0.2, 0) is 16.0 Å². The van der Waals surface area contributed by atoms with Crippen molar-refractivity contribution in [3.8, 4) is 0 Å². The highest BCUT2D eigenvalue weighted by molar-refractivity contribution is 7.09. The van der Waals surface area contributed by atoms with Gasteiger partial charge in [-0.15, -0.1) is 11.3 Å². The van der Waals surface area contributed by atoms with E-state index in [9.17, 15) is 4.79 Å². The molecule has 1 fully saturated rings. The van der Waals surface area contributed by atoms with Gasteiger partial charge in [-0.05, 0) is 51.5 Å². The molecule has 112 valence electrons. The first-order valence-electron chi connectivity index (χ1n) is 7.43. The van der Waals surface area contributed by atoms with Crippen LogP contribution in [0, 0.1) is 0 Å². The summed E-state index contributed by atoms with van der Waals surface area (Å²) in [6.45, 7) is 7.56. The number of carbonyl (C=O) groups excluding carboxylic acids is 1. The molecular formula is C16H25NO2S. The molecule has 20 heavy (non-hydrogen) atoms. The highest BCUT2D eigenvalue weighted by Gasteiger charge is 2.36. The minimum absolute atomic E-state index is 0.151. The Morgan fingerprint density at radius 3 is 3.00 bits per heavy atom. The fraction of sp³-hybridized carbons (Fsp3) is 0.688. The van der Waals surface area contributed by atoms with Gasteiger partial charge in [0.1, 0.15) is 0 Å². The fourth-order valence-electron chi connectivity index (χ4n) is 2.59. The van der Waals surface area contributed by atoms with E-state index in [-0.39, 0.29) is 17.6 Å². The van der Waals surface area contributed by atoms with Crippen molar-refractivity contribution in [2.45, 2.75) is 58.1 Å². The monoisotopic (exact) mass is 295 g/mol. The zero-order valence-electron chi connectivity index (χ0n) is 12.7. The van der Waals surface area contributed by atoms with E-state index in [1.807, 2.05) is 11.8 Å². The number of unbranched alkanes of at least 4 members (excludes halogenated alkanes) is 1. The molecule has 0 aliphatic carbocycles. The van der Waals surface area contributed by atoms with Crippen molar-refractivity contribution in [2.24, 2.45) is 0 Å². The summed E-state index contributed by atoms with van der Waals surface area (Å²) < 4.78 is 5.66. The predicted molar refractivity (Wildman–Crippen MR) is 83.1 cm³/mol. The molecule has 2 heterocycles. The average molecular weight is 295 g/mol. The Kier molecular flexibility index (Phi) is 5.22. The fourth-order valence-corrected chi connectivity index (χ4v) is 3.34. The van der Waals surface area contributed by atoms with Gasteiger partial charge in [-0.25, -0.2) is 0 Å². The minimum atomic E-state index is -0.169. The highest BCUT2D eigenvalue weighted by atomic mass is 32.1. The van der Waals surface area contributed by atoms with Crippen molar-refractivity contribution in [2.75, 3.05) is 13.2 Å². The van der Waals surface area contributed by atoms with Gasteiger partial charge in [-0.1, -0.05) is 6.07 Å². The third kappa shape index (κ3) is 4.06. The van der Waals surface area contributed by atoms with Crippen LogP contribution in [0.2, 0.25) is 0 Å². The van der Waals surface area contributed by atoms with Gasteiger partial charge >= 0.3 is 0 Å². The molecule has 1 aromatic rings. The van der Waals surface area contributed by atoms with Gasteiger partial charge in [0.05, 0.1) is 18.2 Å². The van der Waals surface area contributed by atoms with E-state index in [1.165, 1.54) is 4.88 Å². The number of nitrogens with zero attached hydrogens (tertiary/aromatic N) is 1. The first-order chi connectivity index (χ1) is 9.49. The van der Waals surface area contributed by atoms with Gasteiger partial charge in [-0.3, -0.25) is 4.79 Å². The van der Waals surface area contributed by atoms with Crippen molar-refractivity contribution in [3.63, 3.8) is 0 Å². The molecule has 1 aliphatic rings. The number of aryl methyl sites for hydroxylation is 1. The van der Waals surface area contributed by atoms with Crippen LogP contribution in [-0.4, -0.2) is 35.6 Å². The second-order valence-corrected chi connectivity index (χ2v) is 7.26. The van der Waals surface area contributed by atoms with Gasteiger partial charge in [0.15, 0.2) is 0 Å². The van der Waals surface area contributed by atoms with Crippen molar-refractivity contribution in [1.82, 2.24) is 4.90 Å². The van der Waals surface area contributed by atoms with Gasteiger partial charge < -0.3 is 9.64 Å². The van der Waals surface area contributed by atoms with Gasteiger partial charge in [0.25, 0.3) is 0 Å². The predicted octanol–water partition coefficient (Wildman–Crippen LogP) is 3.49. The molecule has 2 rings (SSSR count). The zero-order valence-corrected chi connectivity index (χ0v) is 13.5. The highest BCUT2D eigenvalue weighted by Crippen LogP contribution is 2.23. The summed E-state index contributed by atoms with van der Waals surface area (Å²) in [5, 5.41) is 2.11. The Bertz CT molecular complexity index is 428. The van der Waals surface area contributed by atoms with E-state index in [4.69, 9.17) is 4.74 Å². The van der Waals surface area contributed by atoms with E-state index in [1.54, 1.807) is 11.3 Å². The van der Waals surface area contributed by atoms with Crippen LogP contribution in [0.5, 0.6) is 0 Å². The Labute approximate surface area is 125 Å². The maximum absolute atomic E-state index is 12.4. The molecule has 1 saturated heterocycles. The number of morpholine rings is 1. The number of rotatable bonds is 5. The van der Waals surface area contributed by atoms with Crippen molar-refractivity contribution < 1.29 is 9.53 Å². The SMILES string of the molecule is CC1CN(C(=O)CCCCc2cccs2)C(C)(C)CO1. The molecule has 0 aromatic carbocycles. The quantitative estimate of drug-likeness (QED) is 0.778. The van der Waals surface area contributed by atoms with E-state index >= 15 is 0 Å². The van der Waals surface area contributed by atoms with Crippen LogP contribution >= 0.6 is 11.3 Å². The lowest BCUT2D eigenvalue weighted by Gasteiger charge is -2.44. The van der Waals surface area contributed by atoms with Crippen LogP contribution in [0.3, 0.4) is 0 Å². The molecule has 1 amide bonds. The van der Waals surface area contributed by atoms with Crippen LogP contribution in [0.25, 0.3) is 0 Å². The molecule has 0 bridgehead atoms.